The molecule has 3 aromatic rings. The van der Waals surface area contributed by atoms with Gasteiger partial charge in [0.15, 0.2) is 0 Å². The summed E-state index contributed by atoms with van der Waals surface area (Å²) in [7, 11) is 0. The third-order valence-electron chi connectivity index (χ3n) is 3.56. The molecule has 0 spiro atoms. The number of aryl methyl sites for hydroxylation is 1. The average molecular weight is 308 g/mol. The third-order valence-corrected chi connectivity index (χ3v) is 3.56. The van der Waals surface area contributed by atoms with E-state index in [0.717, 1.165) is 17.0 Å². The number of carbonyl (C=O) groups is 1. The van der Waals surface area contributed by atoms with E-state index in [1.807, 2.05) is 61.5 Å². The fourth-order valence-electron chi connectivity index (χ4n) is 2.35. The van der Waals surface area contributed by atoms with Gasteiger partial charge in [-0.15, -0.1) is 0 Å². The molecular formula is C18H16N2O3. The second kappa shape index (κ2) is 6.36. The molecule has 0 unspecified atom stereocenters. The highest BCUT2D eigenvalue weighted by Crippen LogP contribution is 2.21. The fourth-order valence-corrected chi connectivity index (χ4v) is 2.35. The molecule has 0 aliphatic heterocycles. The second-order valence-corrected chi connectivity index (χ2v) is 5.11. The number of benzene rings is 2. The molecule has 0 bridgehead atoms. The van der Waals surface area contributed by atoms with Gasteiger partial charge in [-0.1, -0.05) is 36.4 Å². The van der Waals surface area contributed by atoms with Crippen molar-refractivity contribution in [2.45, 2.75) is 13.5 Å². The summed E-state index contributed by atoms with van der Waals surface area (Å²) < 4.78 is 7.41. The van der Waals surface area contributed by atoms with Crippen LogP contribution in [0.5, 0.6) is 5.75 Å². The SMILES string of the molecule is Cc1ccccc1OCc1c(C(=O)O)cnn1-c1ccccc1. The first kappa shape index (κ1) is 14.8. The number of nitrogens with zero attached hydrogens (tertiary/aromatic N) is 2. The van der Waals surface area contributed by atoms with Gasteiger partial charge in [0.25, 0.3) is 0 Å². The fraction of sp³-hybridized carbons (Fsp3) is 0.111. The number of hydrogen-bond acceptors (Lipinski definition) is 3. The molecule has 1 aromatic heterocycles. The molecule has 0 aliphatic carbocycles. The zero-order valence-electron chi connectivity index (χ0n) is 12.6. The van der Waals surface area contributed by atoms with E-state index in [-0.39, 0.29) is 12.2 Å². The molecule has 116 valence electrons. The highest BCUT2D eigenvalue weighted by Gasteiger charge is 2.18. The van der Waals surface area contributed by atoms with Gasteiger partial charge in [-0.05, 0) is 30.7 Å². The van der Waals surface area contributed by atoms with Crippen LogP contribution in [0.3, 0.4) is 0 Å². The molecule has 0 radical (unpaired) electrons. The normalized spacial score (nSPS) is 10.5. The van der Waals surface area contributed by atoms with Crippen LogP contribution >= 0.6 is 0 Å². The summed E-state index contributed by atoms with van der Waals surface area (Å²) in [6, 6.07) is 17.0. The first-order valence-corrected chi connectivity index (χ1v) is 7.21. The van der Waals surface area contributed by atoms with Gasteiger partial charge in [-0.2, -0.15) is 5.10 Å². The number of para-hydroxylation sites is 2. The van der Waals surface area contributed by atoms with Gasteiger partial charge in [-0.3, -0.25) is 0 Å². The summed E-state index contributed by atoms with van der Waals surface area (Å²) in [4.78, 5) is 11.4. The van der Waals surface area contributed by atoms with Crippen LogP contribution in [0.2, 0.25) is 0 Å². The molecule has 0 aliphatic rings. The largest absolute Gasteiger partial charge is 0.487 e. The maximum atomic E-state index is 11.4. The van der Waals surface area contributed by atoms with Gasteiger partial charge in [0, 0.05) is 0 Å². The smallest absolute Gasteiger partial charge is 0.339 e. The summed E-state index contributed by atoms with van der Waals surface area (Å²) in [6.07, 6.45) is 1.35. The van der Waals surface area contributed by atoms with Gasteiger partial charge in [-0.25, -0.2) is 9.48 Å². The Morgan fingerprint density at radius 3 is 2.52 bits per heavy atom. The second-order valence-electron chi connectivity index (χ2n) is 5.11. The molecule has 3 rings (SSSR count). The number of aromatic carboxylic acids is 1. The molecule has 2 aromatic carbocycles. The van der Waals surface area contributed by atoms with Crippen LogP contribution in [0.15, 0.2) is 60.8 Å². The molecule has 0 fully saturated rings. The van der Waals surface area contributed by atoms with E-state index in [9.17, 15) is 9.90 Å². The molecule has 0 amide bonds. The number of rotatable bonds is 5. The van der Waals surface area contributed by atoms with Crippen molar-refractivity contribution in [3.63, 3.8) is 0 Å². The number of aromatic nitrogens is 2. The first-order chi connectivity index (χ1) is 11.2. The highest BCUT2D eigenvalue weighted by molar-refractivity contribution is 5.88. The van der Waals surface area contributed by atoms with E-state index in [2.05, 4.69) is 5.10 Å². The van der Waals surface area contributed by atoms with Gasteiger partial charge < -0.3 is 9.84 Å². The van der Waals surface area contributed by atoms with Crippen LogP contribution < -0.4 is 4.74 Å². The molecule has 1 N–H and O–H groups in total. The maximum Gasteiger partial charge on any atom is 0.339 e. The Kier molecular flexibility index (Phi) is 4.10. The Morgan fingerprint density at radius 1 is 1.13 bits per heavy atom. The van der Waals surface area contributed by atoms with Crippen LogP contribution in [-0.2, 0) is 6.61 Å². The lowest BCUT2D eigenvalue weighted by molar-refractivity contribution is 0.0693. The van der Waals surface area contributed by atoms with Crippen molar-refractivity contribution in [3.05, 3.63) is 77.6 Å². The standard InChI is InChI=1S/C18H16N2O3/c1-13-7-5-6-10-17(13)23-12-16-15(18(21)22)11-19-20(16)14-8-3-2-4-9-14/h2-11H,12H2,1H3,(H,21,22). The number of carboxylic acid groups (broad SMARTS) is 1. The predicted molar refractivity (Wildman–Crippen MR) is 86.0 cm³/mol. The number of carboxylic acids is 1. The first-order valence-electron chi connectivity index (χ1n) is 7.21. The minimum atomic E-state index is -1.02. The van der Waals surface area contributed by atoms with Gasteiger partial charge in [0.05, 0.1) is 17.6 Å². The molecule has 1 heterocycles. The van der Waals surface area contributed by atoms with E-state index < -0.39 is 5.97 Å². The lowest BCUT2D eigenvalue weighted by atomic mass is 10.2. The van der Waals surface area contributed by atoms with E-state index in [1.54, 1.807) is 4.68 Å². The Labute approximate surface area is 133 Å². The lowest BCUT2D eigenvalue weighted by Gasteiger charge is -2.12. The minimum absolute atomic E-state index is 0.126. The van der Waals surface area contributed by atoms with Crippen molar-refractivity contribution in [2.24, 2.45) is 0 Å². The quantitative estimate of drug-likeness (QED) is 0.784. The predicted octanol–water partition coefficient (Wildman–Crippen LogP) is 3.46. The molecule has 0 saturated heterocycles. The van der Waals surface area contributed by atoms with Gasteiger partial charge in [0.2, 0.25) is 0 Å². The zero-order valence-corrected chi connectivity index (χ0v) is 12.6. The van der Waals surface area contributed by atoms with Gasteiger partial charge in [0.1, 0.15) is 17.9 Å². The van der Waals surface area contributed by atoms with Gasteiger partial charge >= 0.3 is 5.97 Å². The molecule has 0 saturated carbocycles. The Morgan fingerprint density at radius 2 is 1.83 bits per heavy atom. The summed E-state index contributed by atoms with van der Waals surface area (Å²) in [5, 5.41) is 13.6. The third kappa shape index (κ3) is 3.08. The number of ether oxygens (including phenoxy) is 1. The molecular weight excluding hydrogens is 292 g/mol. The molecule has 5 nitrogen and oxygen atoms in total. The molecule has 5 heteroatoms. The highest BCUT2D eigenvalue weighted by atomic mass is 16.5. The Hall–Kier alpha value is -3.08. The van der Waals surface area contributed by atoms with Crippen molar-refractivity contribution in [2.75, 3.05) is 0 Å². The topological polar surface area (TPSA) is 64.3 Å². The van der Waals surface area contributed by atoms with Crippen LogP contribution in [0, 0.1) is 6.92 Å². The summed E-state index contributed by atoms with van der Waals surface area (Å²) >= 11 is 0. The Balaban J connectivity index is 1.95. The van der Waals surface area contributed by atoms with Crippen molar-refractivity contribution >= 4 is 5.97 Å². The zero-order chi connectivity index (χ0) is 16.2. The van der Waals surface area contributed by atoms with Crippen molar-refractivity contribution in [1.82, 2.24) is 9.78 Å². The van der Waals surface area contributed by atoms with Crippen molar-refractivity contribution in [1.29, 1.82) is 0 Å². The van der Waals surface area contributed by atoms with Crippen LogP contribution in [-0.4, -0.2) is 20.9 Å². The van der Waals surface area contributed by atoms with E-state index in [0.29, 0.717) is 5.69 Å². The minimum Gasteiger partial charge on any atom is -0.487 e. The summed E-state index contributed by atoms with van der Waals surface area (Å²) in [5.41, 5.74) is 2.44. The van der Waals surface area contributed by atoms with E-state index in [1.165, 1.54) is 6.20 Å². The Bertz CT molecular complexity index is 825. The number of hydrogen-bond donors (Lipinski definition) is 1. The molecule has 23 heavy (non-hydrogen) atoms. The van der Waals surface area contributed by atoms with E-state index >= 15 is 0 Å². The molecule has 0 atom stereocenters. The summed E-state index contributed by atoms with van der Waals surface area (Å²) in [5.74, 6) is -0.291. The van der Waals surface area contributed by atoms with E-state index in [4.69, 9.17) is 4.74 Å². The average Bonchev–Trinajstić information content (AvgIpc) is 2.99. The van der Waals surface area contributed by atoms with Crippen LogP contribution in [0.25, 0.3) is 5.69 Å². The maximum absolute atomic E-state index is 11.4. The summed E-state index contributed by atoms with van der Waals surface area (Å²) in [6.45, 7) is 2.07. The van der Waals surface area contributed by atoms with Crippen molar-refractivity contribution < 1.29 is 14.6 Å². The van der Waals surface area contributed by atoms with Crippen molar-refractivity contribution in [3.8, 4) is 11.4 Å². The van der Waals surface area contributed by atoms with Crippen LogP contribution in [0.4, 0.5) is 0 Å². The van der Waals surface area contributed by atoms with Crippen LogP contribution in [0.1, 0.15) is 21.6 Å². The monoisotopic (exact) mass is 308 g/mol. The lowest BCUT2D eigenvalue weighted by Crippen LogP contribution is -2.10.